The molecule has 0 spiro atoms. The lowest BCUT2D eigenvalue weighted by Gasteiger charge is -2.36. The van der Waals surface area contributed by atoms with Gasteiger partial charge < -0.3 is 30.3 Å². The number of aliphatic hydroxyl groups is 2. The molecule has 4 rings (SSSR count). The summed E-state index contributed by atoms with van der Waals surface area (Å²) in [6, 6.07) is 3.86. The molecule has 1 unspecified atom stereocenters. The molecule has 0 aromatic carbocycles. The molecular formula is C18H24ClN5O4S. The van der Waals surface area contributed by atoms with Crippen molar-refractivity contribution in [2.24, 2.45) is 26.6 Å². The molecule has 0 bridgehead atoms. The van der Waals surface area contributed by atoms with Gasteiger partial charge in [-0.3, -0.25) is 4.99 Å². The van der Waals surface area contributed by atoms with Gasteiger partial charge >= 0.3 is 0 Å². The summed E-state index contributed by atoms with van der Waals surface area (Å²) in [4.78, 5) is 16.4. The highest BCUT2D eigenvalue weighted by atomic mass is 35.5. The molecule has 0 saturated carbocycles. The summed E-state index contributed by atoms with van der Waals surface area (Å²) in [5, 5.41) is 19.8. The number of methoxy groups -OCH3 is 1. The van der Waals surface area contributed by atoms with Crippen molar-refractivity contribution in [2.75, 3.05) is 20.4 Å². The normalized spacial score (nSPS) is 34.9. The summed E-state index contributed by atoms with van der Waals surface area (Å²) in [6.45, 7) is 1.96. The van der Waals surface area contributed by atoms with Crippen LogP contribution >= 0.6 is 22.9 Å². The molecular weight excluding hydrogens is 418 g/mol. The number of hydrogen-bond donors (Lipinski definition) is 3. The molecule has 1 fully saturated rings. The molecule has 11 heteroatoms. The van der Waals surface area contributed by atoms with Gasteiger partial charge in [-0.15, -0.1) is 11.3 Å². The Morgan fingerprint density at radius 2 is 2.31 bits per heavy atom. The van der Waals surface area contributed by atoms with Crippen LogP contribution in [0.4, 0.5) is 0 Å². The second-order valence-corrected chi connectivity index (χ2v) is 9.19. The van der Waals surface area contributed by atoms with Crippen molar-refractivity contribution in [3.8, 4) is 0 Å². The topological polar surface area (TPSA) is 125 Å². The fourth-order valence-electron chi connectivity index (χ4n) is 3.96. The molecule has 0 aliphatic carbocycles. The van der Waals surface area contributed by atoms with E-state index in [1.807, 2.05) is 19.1 Å². The van der Waals surface area contributed by atoms with Crippen LogP contribution in [0.5, 0.6) is 0 Å². The molecule has 9 nitrogen and oxygen atoms in total. The minimum Gasteiger partial charge on any atom is -0.394 e. The van der Waals surface area contributed by atoms with Crippen LogP contribution in [-0.2, 0) is 15.9 Å². The number of aliphatic hydroxyl groups excluding tert-OH is 2. The van der Waals surface area contributed by atoms with Crippen molar-refractivity contribution < 1.29 is 19.7 Å². The predicted octanol–water partition coefficient (Wildman–Crippen LogP) is 0.483. The molecule has 158 valence electrons. The molecule has 3 aliphatic rings. The number of aliphatic imine (C=N–C) groups is 3. The molecule has 0 radical (unpaired) electrons. The first kappa shape index (κ1) is 20.9. The summed E-state index contributed by atoms with van der Waals surface area (Å²) in [5.41, 5.74) is 6.26. The van der Waals surface area contributed by atoms with E-state index in [9.17, 15) is 10.2 Å². The van der Waals surface area contributed by atoms with Crippen LogP contribution in [0.2, 0.25) is 4.34 Å². The van der Waals surface area contributed by atoms with Gasteiger partial charge in [0.2, 0.25) is 0 Å². The predicted molar refractivity (Wildman–Crippen MR) is 112 cm³/mol. The van der Waals surface area contributed by atoms with E-state index in [0.717, 1.165) is 9.21 Å². The van der Waals surface area contributed by atoms with Crippen LogP contribution in [0.3, 0.4) is 0 Å². The standard InChI is InChI=1S/C18H24ClN5O4S/c1-9(5-10-3-4-12(19)29-10)18(20)15-16(21-7-23-18)24(8-22-15)17-14(27-2)13(26)11(6-25)28-17/h3-4,7,9,11,13-14,17,25-26H,5-6,8,20H2,1-2H3/t9-,11-,13-,14-,17-,18?/m1/s1. The lowest BCUT2D eigenvalue weighted by molar-refractivity contribution is -0.0765. The van der Waals surface area contributed by atoms with E-state index >= 15 is 0 Å². The average molecular weight is 442 g/mol. The zero-order valence-corrected chi connectivity index (χ0v) is 17.7. The number of ether oxygens (including phenoxy) is 2. The summed E-state index contributed by atoms with van der Waals surface area (Å²) in [6.07, 6.45) is -0.848. The Morgan fingerprint density at radius 3 is 2.97 bits per heavy atom. The van der Waals surface area contributed by atoms with Gasteiger partial charge in [0.25, 0.3) is 0 Å². The third kappa shape index (κ3) is 3.52. The SMILES string of the molecule is CO[C@@H]1[C@H](O)[C@@H](CO)O[C@H]1N1CN=C2C1=NC=NC2(N)[C@H](C)Cc1ccc(Cl)s1. The van der Waals surface area contributed by atoms with Gasteiger partial charge in [0.05, 0.1) is 10.9 Å². The van der Waals surface area contributed by atoms with E-state index < -0.39 is 30.2 Å². The maximum Gasteiger partial charge on any atom is 0.162 e. The Kier molecular flexibility index (Phi) is 5.77. The Bertz CT molecular complexity index is 861. The van der Waals surface area contributed by atoms with Crippen molar-refractivity contribution in [3.63, 3.8) is 0 Å². The van der Waals surface area contributed by atoms with Crippen LogP contribution in [-0.4, -0.2) is 83.6 Å². The fourth-order valence-corrected chi connectivity index (χ4v) is 5.17. The average Bonchev–Trinajstić information content (AvgIpc) is 3.39. The van der Waals surface area contributed by atoms with Crippen LogP contribution in [0.25, 0.3) is 0 Å². The maximum atomic E-state index is 10.4. The van der Waals surface area contributed by atoms with Gasteiger partial charge in [-0.1, -0.05) is 18.5 Å². The first-order chi connectivity index (χ1) is 13.9. The first-order valence-electron chi connectivity index (χ1n) is 9.32. The number of halogens is 1. The molecule has 3 aliphatic heterocycles. The lowest BCUT2D eigenvalue weighted by Crippen LogP contribution is -2.59. The summed E-state index contributed by atoms with van der Waals surface area (Å²) < 4.78 is 12.0. The van der Waals surface area contributed by atoms with Crippen LogP contribution < -0.4 is 5.73 Å². The van der Waals surface area contributed by atoms with E-state index in [4.69, 9.17) is 26.8 Å². The van der Waals surface area contributed by atoms with E-state index in [0.29, 0.717) is 18.0 Å². The van der Waals surface area contributed by atoms with Crippen molar-refractivity contribution in [1.29, 1.82) is 0 Å². The van der Waals surface area contributed by atoms with Gasteiger partial charge in [0.15, 0.2) is 17.7 Å². The van der Waals surface area contributed by atoms with Crippen molar-refractivity contribution in [2.45, 2.75) is 43.5 Å². The smallest absolute Gasteiger partial charge is 0.162 e. The van der Waals surface area contributed by atoms with E-state index in [2.05, 4.69) is 15.0 Å². The Labute approximate surface area is 177 Å². The largest absolute Gasteiger partial charge is 0.394 e. The minimum absolute atomic E-state index is 0.0591. The maximum absolute atomic E-state index is 10.4. The summed E-state index contributed by atoms with van der Waals surface area (Å²) >= 11 is 7.57. The van der Waals surface area contributed by atoms with E-state index in [1.165, 1.54) is 24.8 Å². The fraction of sp³-hybridized carbons (Fsp3) is 0.611. The molecule has 1 aromatic rings. The molecule has 29 heavy (non-hydrogen) atoms. The van der Waals surface area contributed by atoms with Crippen LogP contribution in [0, 0.1) is 5.92 Å². The van der Waals surface area contributed by atoms with Crippen LogP contribution in [0.15, 0.2) is 27.1 Å². The lowest BCUT2D eigenvalue weighted by atomic mass is 9.86. The number of fused-ring (bicyclic) bond motifs is 1. The first-order valence-corrected chi connectivity index (χ1v) is 10.5. The highest BCUT2D eigenvalue weighted by Gasteiger charge is 2.52. The zero-order valence-electron chi connectivity index (χ0n) is 16.1. The molecule has 0 amide bonds. The summed E-state index contributed by atoms with van der Waals surface area (Å²) in [5.74, 6) is 0.493. The second kappa shape index (κ2) is 8.03. The number of nitrogens with zero attached hydrogens (tertiary/aromatic N) is 4. The van der Waals surface area contributed by atoms with Gasteiger partial charge in [0.1, 0.15) is 37.0 Å². The molecule has 6 atom stereocenters. The van der Waals surface area contributed by atoms with Crippen molar-refractivity contribution in [1.82, 2.24) is 4.90 Å². The van der Waals surface area contributed by atoms with Gasteiger partial charge in [-0.2, -0.15) is 0 Å². The molecule has 1 aromatic heterocycles. The van der Waals surface area contributed by atoms with E-state index in [1.54, 1.807) is 4.90 Å². The number of rotatable bonds is 6. The van der Waals surface area contributed by atoms with Crippen molar-refractivity contribution in [3.05, 3.63) is 21.3 Å². The van der Waals surface area contributed by atoms with E-state index in [-0.39, 0.29) is 19.2 Å². The number of nitrogens with two attached hydrogens (primary N) is 1. The molecule has 1 saturated heterocycles. The molecule has 4 heterocycles. The second-order valence-electron chi connectivity index (χ2n) is 7.39. The Morgan fingerprint density at radius 1 is 1.52 bits per heavy atom. The number of thiophene rings is 1. The zero-order chi connectivity index (χ0) is 20.8. The Hall–Kier alpha value is -1.40. The minimum atomic E-state index is -1.04. The number of amidine groups is 1. The van der Waals surface area contributed by atoms with Gasteiger partial charge in [0, 0.05) is 17.9 Å². The van der Waals surface area contributed by atoms with Crippen molar-refractivity contribution >= 4 is 40.8 Å². The van der Waals surface area contributed by atoms with Gasteiger partial charge in [-0.25, -0.2) is 9.98 Å². The monoisotopic (exact) mass is 441 g/mol. The highest BCUT2D eigenvalue weighted by molar-refractivity contribution is 7.16. The third-order valence-corrected chi connectivity index (χ3v) is 6.91. The quantitative estimate of drug-likeness (QED) is 0.589. The van der Waals surface area contributed by atoms with Crippen LogP contribution in [0.1, 0.15) is 11.8 Å². The number of hydrogen-bond acceptors (Lipinski definition) is 10. The van der Waals surface area contributed by atoms with Gasteiger partial charge in [-0.05, 0) is 18.6 Å². The Balaban J connectivity index is 1.55. The third-order valence-electron chi connectivity index (χ3n) is 5.66. The highest BCUT2D eigenvalue weighted by Crippen LogP contribution is 2.34. The molecule has 4 N–H and O–H groups in total. The summed E-state index contributed by atoms with van der Waals surface area (Å²) in [7, 11) is 1.49.